The molecule has 5 heteroatoms. The van der Waals surface area contributed by atoms with Crippen molar-refractivity contribution in [2.75, 3.05) is 59.7 Å². The number of benzene rings is 2. The first-order chi connectivity index (χ1) is 15.3. The standard InChI is InChI=1S/C26H34N2O3/c1-29-21-7-5-20(6-8-21)25-19-28-12-2-4-26(28)24-18-22(9-10-23(24)25)31-15-3-11-27-13-16-30-17-14-27/h5-10,18,25-26H,2-4,11-17,19H2,1H3/t25-,26-/m0/s1. The summed E-state index contributed by atoms with van der Waals surface area (Å²) < 4.78 is 17.0. The Morgan fingerprint density at radius 3 is 2.58 bits per heavy atom. The van der Waals surface area contributed by atoms with E-state index in [0.717, 1.165) is 63.9 Å². The van der Waals surface area contributed by atoms with E-state index in [1.165, 1.54) is 36.1 Å². The van der Waals surface area contributed by atoms with Gasteiger partial charge in [0.1, 0.15) is 11.5 Å². The van der Waals surface area contributed by atoms with Crippen LogP contribution in [0.4, 0.5) is 0 Å². The second-order valence-corrected chi connectivity index (χ2v) is 8.93. The van der Waals surface area contributed by atoms with Crippen molar-refractivity contribution >= 4 is 0 Å². The van der Waals surface area contributed by atoms with Gasteiger partial charge in [-0.15, -0.1) is 0 Å². The van der Waals surface area contributed by atoms with Gasteiger partial charge in [0.2, 0.25) is 0 Å². The molecule has 2 aromatic rings. The number of morpholine rings is 1. The molecule has 3 aliphatic heterocycles. The lowest BCUT2D eigenvalue weighted by molar-refractivity contribution is 0.0358. The fraction of sp³-hybridized carbons (Fsp3) is 0.538. The average Bonchev–Trinajstić information content (AvgIpc) is 3.31. The lowest BCUT2D eigenvalue weighted by Gasteiger charge is -2.37. The van der Waals surface area contributed by atoms with E-state index in [1.54, 1.807) is 7.11 Å². The Bertz CT molecular complexity index is 863. The molecule has 0 spiro atoms. The summed E-state index contributed by atoms with van der Waals surface area (Å²) in [7, 11) is 1.72. The van der Waals surface area contributed by atoms with Gasteiger partial charge >= 0.3 is 0 Å². The summed E-state index contributed by atoms with van der Waals surface area (Å²) in [4.78, 5) is 5.13. The highest BCUT2D eigenvalue weighted by Crippen LogP contribution is 2.45. The quantitative estimate of drug-likeness (QED) is 0.628. The Morgan fingerprint density at radius 1 is 0.968 bits per heavy atom. The third-order valence-electron chi connectivity index (χ3n) is 7.08. The monoisotopic (exact) mass is 422 g/mol. The first kappa shape index (κ1) is 20.8. The van der Waals surface area contributed by atoms with Crippen LogP contribution in [0.5, 0.6) is 11.5 Å². The van der Waals surface area contributed by atoms with Gasteiger partial charge in [0, 0.05) is 38.1 Å². The van der Waals surface area contributed by atoms with Crippen molar-refractivity contribution in [2.45, 2.75) is 31.2 Å². The second kappa shape index (κ2) is 9.60. The van der Waals surface area contributed by atoms with Gasteiger partial charge in [-0.2, -0.15) is 0 Å². The van der Waals surface area contributed by atoms with Gasteiger partial charge in [-0.25, -0.2) is 0 Å². The molecule has 0 aromatic heterocycles. The molecule has 0 unspecified atom stereocenters. The largest absolute Gasteiger partial charge is 0.497 e. The molecule has 0 radical (unpaired) electrons. The molecule has 3 aliphatic rings. The van der Waals surface area contributed by atoms with Crippen molar-refractivity contribution in [1.29, 1.82) is 0 Å². The van der Waals surface area contributed by atoms with Crippen LogP contribution < -0.4 is 9.47 Å². The Balaban J connectivity index is 1.29. The van der Waals surface area contributed by atoms with E-state index in [1.807, 2.05) is 0 Å². The van der Waals surface area contributed by atoms with Crippen LogP contribution in [-0.2, 0) is 4.74 Å². The maximum atomic E-state index is 6.19. The second-order valence-electron chi connectivity index (χ2n) is 8.93. The Hall–Kier alpha value is -2.08. The fourth-order valence-electron chi connectivity index (χ4n) is 5.40. The lowest BCUT2D eigenvalue weighted by atomic mass is 9.81. The summed E-state index contributed by atoms with van der Waals surface area (Å²) in [5.41, 5.74) is 4.30. The zero-order valence-corrected chi connectivity index (χ0v) is 18.6. The Morgan fingerprint density at radius 2 is 1.77 bits per heavy atom. The van der Waals surface area contributed by atoms with E-state index in [4.69, 9.17) is 14.2 Å². The van der Waals surface area contributed by atoms with Crippen molar-refractivity contribution in [3.8, 4) is 11.5 Å². The molecular formula is C26H34N2O3. The molecule has 3 heterocycles. The molecule has 166 valence electrons. The lowest BCUT2D eigenvalue weighted by Crippen LogP contribution is -2.37. The minimum Gasteiger partial charge on any atom is -0.497 e. The van der Waals surface area contributed by atoms with Crippen LogP contribution in [-0.4, -0.2) is 69.5 Å². The van der Waals surface area contributed by atoms with Crippen LogP contribution >= 0.6 is 0 Å². The van der Waals surface area contributed by atoms with E-state index in [9.17, 15) is 0 Å². The van der Waals surface area contributed by atoms with Gasteiger partial charge in [-0.05, 0) is 66.8 Å². The maximum Gasteiger partial charge on any atom is 0.119 e. The maximum absolute atomic E-state index is 6.19. The molecule has 0 bridgehead atoms. The molecular weight excluding hydrogens is 388 g/mol. The highest BCUT2D eigenvalue weighted by Gasteiger charge is 2.36. The van der Waals surface area contributed by atoms with Crippen LogP contribution in [0.2, 0.25) is 0 Å². The summed E-state index contributed by atoms with van der Waals surface area (Å²) in [6.45, 7) is 7.96. The average molecular weight is 423 g/mol. The van der Waals surface area contributed by atoms with Gasteiger partial charge in [-0.1, -0.05) is 18.2 Å². The normalized spacial score (nSPS) is 23.9. The van der Waals surface area contributed by atoms with Gasteiger partial charge in [0.15, 0.2) is 0 Å². The van der Waals surface area contributed by atoms with E-state index >= 15 is 0 Å². The predicted octanol–water partition coefficient (Wildman–Crippen LogP) is 4.08. The highest BCUT2D eigenvalue weighted by molar-refractivity contribution is 5.47. The zero-order valence-electron chi connectivity index (χ0n) is 18.6. The molecule has 2 fully saturated rings. The van der Waals surface area contributed by atoms with Crippen LogP contribution in [0.15, 0.2) is 42.5 Å². The predicted molar refractivity (Wildman–Crippen MR) is 122 cm³/mol. The summed E-state index contributed by atoms with van der Waals surface area (Å²) in [6, 6.07) is 16.0. The van der Waals surface area contributed by atoms with Crippen LogP contribution in [0.1, 0.15) is 47.9 Å². The first-order valence-electron chi connectivity index (χ1n) is 11.8. The number of nitrogens with zero attached hydrogens (tertiary/aromatic N) is 2. The number of methoxy groups -OCH3 is 1. The molecule has 0 amide bonds. The minimum absolute atomic E-state index is 0.408. The summed E-state index contributed by atoms with van der Waals surface area (Å²) in [6.07, 6.45) is 3.59. The number of fused-ring (bicyclic) bond motifs is 3. The molecule has 31 heavy (non-hydrogen) atoms. The Kier molecular flexibility index (Phi) is 6.44. The number of hydrogen-bond donors (Lipinski definition) is 0. The molecule has 5 nitrogen and oxygen atoms in total. The zero-order chi connectivity index (χ0) is 21.0. The van der Waals surface area contributed by atoms with E-state index in [2.05, 4.69) is 52.3 Å². The Labute approximate surface area is 185 Å². The summed E-state index contributed by atoms with van der Waals surface area (Å²) >= 11 is 0. The van der Waals surface area contributed by atoms with E-state index in [0.29, 0.717) is 12.0 Å². The number of hydrogen-bond acceptors (Lipinski definition) is 5. The van der Waals surface area contributed by atoms with Gasteiger partial charge in [0.05, 0.1) is 26.9 Å². The van der Waals surface area contributed by atoms with Crippen molar-refractivity contribution < 1.29 is 14.2 Å². The molecule has 5 rings (SSSR count). The minimum atomic E-state index is 0.408. The van der Waals surface area contributed by atoms with Crippen molar-refractivity contribution in [1.82, 2.24) is 9.80 Å². The molecule has 2 atom stereocenters. The third-order valence-corrected chi connectivity index (χ3v) is 7.08. The molecule has 0 saturated carbocycles. The number of rotatable bonds is 7. The van der Waals surface area contributed by atoms with Crippen LogP contribution in [0.3, 0.4) is 0 Å². The van der Waals surface area contributed by atoms with E-state index < -0.39 is 0 Å². The van der Waals surface area contributed by atoms with Crippen molar-refractivity contribution in [3.05, 3.63) is 59.2 Å². The summed E-state index contributed by atoms with van der Waals surface area (Å²) in [5.74, 6) is 2.34. The fourth-order valence-corrected chi connectivity index (χ4v) is 5.40. The third kappa shape index (κ3) is 4.59. The molecule has 0 N–H and O–H groups in total. The highest BCUT2D eigenvalue weighted by atomic mass is 16.5. The van der Waals surface area contributed by atoms with Gasteiger partial charge < -0.3 is 14.2 Å². The van der Waals surface area contributed by atoms with Gasteiger partial charge in [-0.3, -0.25) is 9.80 Å². The van der Waals surface area contributed by atoms with Crippen LogP contribution in [0.25, 0.3) is 0 Å². The molecule has 2 saturated heterocycles. The van der Waals surface area contributed by atoms with Crippen LogP contribution in [0, 0.1) is 0 Å². The summed E-state index contributed by atoms with van der Waals surface area (Å²) in [5, 5.41) is 0. The number of ether oxygens (including phenoxy) is 3. The SMILES string of the molecule is COc1ccc([C@@H]2CN3CCC[C@H]3c3cc(OCCCN4CCOCC4)ccc32)cc1. The topological polar surface area (TPSA) is 34.2 Å². The van der Waals surface area contributed by atoms with Crippen molar-refractivity contribution in [2.24, 2.45) is 0 Å². The molecule has 0 aliphatic carbocycles. The first-order valence-corrected chi connectivity index (χ1v) is 11.8. The van der Waals surface area contributed by atoms with Gasteiger partial charge in [0.25, 0.3) is 0 Å². The molecule has 2 aromatic carbocycles. The van der Waals surface area contributed by atoms with Crippen molar-refractivity contribution in [3.63, 3.8) is 0 Å². The smallest absolute Gasteiger partial charge is 0.119 e. The van der Waals surface area contributed by atoms with E-state index in [-0.39, 0.29) is 0 Å².